The maximum atomic E-state index is 12.2. The molecule has 0 aliphatic heterocycles. The molecule has 19 heavy (non-hydrogen) atoms. The predicted molar refractivity (Wildman–Crippen MR) is 74.2 cm³/mol. The molecule has 0 bridgehead atoms. The molecule has 0 radical (unpaired) electrons. The smallest absolute Gasteiger partial charge is 0.240 e. The van der Waals surface area contributed by atoms with E-state index in [1.165, 1.54) is 25.0 Å². The van der Waals surface area contributed by atoms with Crippen molar-refractivity contribution in [1.29, 1.82) is 0 Å². The summed E-state index contributed by atoms with van der Waals surface area (Å²) in [4.78, 5) is 0.250. The highest BCUT2D eigenvalue weighted by molar-refractivity contribution is 7.89. The van der Waals surface area contributed by atoms with E-state index in [4.69, 9.17) is 0 Å². The van der Waals surface area contributed by atoms with Gasteiger partial charge in [-0.3, -0.25) is 0 Å². The van der Waals surface area contributed by atoms with Crippen molar-refractivity contribution < 1.29 is 13.5 Å². The van der Waals surface area contributed by atoms with Gasteiger partial charge in [-0.1, -0.05) is 25.0 Å². The van der Waals surface area contributed by atoms with Gasteiger partial charge in [0.15, 0.2) is 0 Å². The molecule has 5 heteroatoms. The molecule has 0 aromatic heterocycles. The number of nitrogens with one attached hydrogen (secondary N) is 1. The first kappa shape index (κ1) is 14.5. The van der Waals surface area contributed by atoms with E-state index in [0.29, 0.717) is 11.5 Å². The van der Waals surface area contributed by atoms with Crippen molar-refractivity contribution >= 4 is 10.0 Å². The quantitative estimate of drug-likeness (QED) is 0.841. The van der Waals surface area contributed by atoms with Gasteiger partial charge in [0.1, 0.15) is 0 Å². The van der Waals surface area contributed by atoms with Crippen LogP contribution in [0.1, 0.15) is 44.8 Å². The fourth-order valence-corrected chi connectivity index (χ4v) is 3.42. The van der Waals surface area contributed by atoms with Crippen LogP contribution in [0.15, 0.2) is 29.2 Å². The van der Waals surface area contributed by atoms with Gasteiger partial charge in [-0.2, -0.15) is 0 Å². The maximum absolute atomic E-state index is 12.2. The zero-order valence-electron chi connectivity index (χ0n) is 11.3. The minimum absolute atomic E-state index is 0.0334. The van der Waals surface area contributed by atoms with E-state index in [1.807, 2.05) is 6.92 Å². The summed E-state index contributed by atoms with van der Waals surface area (Å²) in [6.45, 7) is 3.56. The summed E-state index contributed by atoms with van der Waals surface area (Å²) in [5.74, 6) is 0.690. The SMILES string of the molecule is CC(CC1CC1)NS(=O)(=O)c1ccc(C(C)O)cc1. The monoisotopic (exact) mass is 283 g/mol. The van der Waals surface area contributed by atoms with E-state index >= 15 is 0 Å². The fourth-order valence-electron chi connectivity index (χ4n) is 2.16. The number of hydrogen-bond donors (Lipinski definition) is 2. The highest BCUT2D eigenvalue weighted by Crippen LogP contribution is 2.33. The molecule has 1 fully saturated rings. The van der Waals surface area contributed by atoms with Gasteiger partial charge in [0, 0.05) is 6.04 Å². The van der Waals surface area contributed by atoms with Gasteiger partial charge in [-0.05, 0) is 43.9 Å². The van der Waals surface area contributed by atoms with Crippen molar-refractivity contribution in [3.05, 3.63) is 29.8 Å². The van der Waals surface area contributed by atoms with Gasteiger partial charge in [0.2, 0.25) is 10.0 Å². The predicted octanol–water partition coefficient (Wildman–Crippen LogP) is 2.21. The van der Waals surface area contributed by atoms with Gasteiger partial charge < -0.3 is 5.11 Å². The topological polar surface area (TPSA) is 66.4 Å². The zero-order valence-corrected chi connectivity index (χ0v) is 12.2. The summed E-state index contributed by atoms with van der Waals surface area (Å²) in [6, 6.07) is 6.33. The van der Waals surface area contributed by atoms with E-state index in [9.17, 15) is 13.5 Å². The van der Waals surface area contributed by atoms with Crippen molar-refractivity contribution in [1.82, 2.24) is 4.72 Å². The van der Waals surface area contributed by atoms with E-state index < -0.39 is 16.1 Å². The molecule has 0 spiro atoms. The van der Waals surface area contributed by atoms with E-state index in [2.05, 4.69) is 4.72 Å². The normalized spacial score (nSPS) is 19.1. The standard InChI is InChI=1S/C14H21NO3S/c1-10(9-12-3-4-12)15-19(17,18)14-7-5-13(6-8-14)11(2)16/h5-8,10-12,15-16H,3-4,9H2,1-2H3. The molecule has 1 aromatic carbocycles. The summed E-state index contributed by atoms with van der Waals surface area (Å²) in [6.07, 6.45) is 2.76. The zero-order chi connectivity index (χ0) is 14.0. The lowest BCUT2D eigenvalue weighted by Crippen LogP contribution is -2.32. The Morgan fingerprint density at radius 1 is 1.26 bits per heavy atom. The molecule has 4 nitrogen and oxygen atoms in total. The van der Waals surface area contributed by atoms with Crippen LogP contribution in [0.4, 0.5) is 0 Å². The number of benzene rings is 1. The Kier molecular flexibility index (Phi) is 4.28. The minimum atomic E-state index is -3.45. The maximum Gasteiger partial charge on any atom is 0.240 e. The molecule has 1 aromatic rings. The van der Waals surface area contributed by atoms with Gasteiger partial charge in [-0.15, -0.1) is 0 Å². The van der Waals surface area contributed by atoms with Gasteiger partial charge in [-0.25, -0.2) is 13.1 Å². The Hall–Kier alpha value is -0.910. The van der Waals surface area contributed by atoms with Crippen LogP contribution in [0.2, 0.25) is 0 Å². The van der Waals surface area contributed by atoms with Crippen LogP contribution in [-0.4, -0.2) is 19.6 Å². The van der Waals surface area contributed by atoms with Gasteiger partial charge >= 0.3 is 0 Å². The number of aliphatic hydroxyl groups excluding tert-OH is 1. The number of rotatable bonds is 6. The average molecular weight is 283 g/mol. The lowest BCUT2D eigenvalue weighted by Gasteiger charge is -2.14. The van der Waals surface area contributed by atoms with Gasteiger partial charge in [0.05, 0.1) is 11.0 Å². The Bertz CT molecular complexity index is 518. The van der Waals surface area contributed by atoms with Crippen molar-refractivity contribution in [2.75, 3.05) is 0 Å². The highest BCUT2D eigenvalue weighted by atomic mass is 32.2. The van der Waals surface area contributed by atoms with E-state index in [1.54, 1.807) is 19.1 Å². The molecule has 0 saturated heterocycles. The summed E-state index contributed by atoms with van der Waals surface area (Å²) < 4.78 is 27.0. The molecular weight excluding hydrogens is 262 g/mol. The fraction of sp³-hybridized carbons (Fsp3) is 0.571. The van der Waals surface area contributed by atoms with Crippen LogP contribution in [0, 0.1) is 5.92 Å². The Labute approximate surface area is 114 Å². The van der Waals surface area contributed by atoms with Crippen LogP contribution >= 0.6 is 0 Å². The summed E-state index contributed by atoms with van der Waals surface area (Å²) >= 11 is 0. The molecule has 2 rings (SSSR count). The van der Waals surface area contributed by atoms with Crippen molar-refractivity contribution in [2.45, 2.75) is 50.2 Å². The third kappa shape index (κ3) is 4.03. The Morgan fingerprint density at radius 2 is 1.84 bits per heavy atom. The molecule has 1 saturated carbocycles. The second kappa shape index (κ2) is 5.61. The van der Waals surface area contributed by atoms with Gasteiger partial charge in [0.25, 0.3) is 0 Å². The third-order valence-electron chi connectivity index (χ3n) is 3.41. The molecule has 2 unspecified atom stereocenters. The lowest BCUT2D eigenvalue weighted by atomic mass is 10.1. The second-order valence-electron chi connectivity index (χ2n) is 5.45. The van der Waals surface area contributed by atoms with Crippen LogP contribution < -0.4 is 4.72 Å². The van der Waals surface area contributed by atoms with E-state index in [-0.39, 0.29) is 10.9 Å². The molecule has 1 aliphatic carbocycles. The molecule has 2 N–H and O–H groups in total. The molecular formula is C14H21NO3S. The first-order valence-corrected chi connectivity index (χ1v) is 8.17. The average Bonchev–Trinajstić information content (AvgIpc) is 3.12. The largest absolute Gasteiger partial charge is 0.389 e. The molecule has 0 amide bonds. The van der Waals surface area contributed by atoms with Crippen LogP contribution in [0.3, 0.4) is 0 Å². The highest BCUT2D eigenvalue weighted by Gasteiger charge is 2.26. The summed E-state index contributed by atoms with van der Waals surface area (Å²) in [5.41, 5.74) is 0.713. The summed E-state index contributed by atoms with van der Waals surface area (Å²) in [7, 11) is -3.45. The van der Waals surface area contributed by atoms with E-state index in [0.717, 1.165) is 6.42 Å². The molecule has 0 heterocycles. The third-order valence-corrected chi connectivity index (χ3v) is 5.02. The molecule has 1 aliphatic rings. The van der Waals surface area contributed by atoms with Crippen LogP contribution in [0.25, 0.3) is 0 Å². The Balaban J connectivity index is 2.05. The Morgan fingerprint density at radius 3 is 2.32 bits per heavy atom. The van der Waals surface area contributed by atoms with Crippen molar-refractivity contribution in [2.24, 2.45) is 5.92 Å². The first-order valence-electron chi connectivity index (χ1n) is 6.69. The number of sulfonamides is 1. The second-order valence-corrected chi connectivity index (χ2v) is 7.16. The van der Waals surface area contributed by atoms with Crippen molar-refractivity contribution in [3.63, 3.8) is 0 Å². The molecule has 2 atom stereocenters. The van der Waals surface area contributed by atoms with Crippen molar-refractivity contribution in [3.8, 4) is 0 Å². The number of aliphatic hydroxyl groups is 1. The van der Waals surface area contributed by atoms with Crippen LogP contribution in [0.5, 0.6) is 0 Å². The number of hydrogen-bond acceptors (Lipinski definition) is 3. The van der Waals surface area contributed by atoms with Crippen LogP contribution in [-0.2, 0) is 10.0 Å². The minimum Gasteiger partial charge on any atom is -0.389 e. The first-order chi connectivity index (χ1) is 8.88. The summed E-state index contributed by atoms with van der Waals surface area (Å²) in [5, 5.41) is 9.40. The molecule has 106 valence electrons. The lowest BCUT2D eigenvalue weighted by molar-refractivity contribution is 0.199.